The molecule has 0 aliphatic carbocycles. The summed E-state index contributed by atoms with van der Waals surface area (Å²) in [7, 11) is -4.42. The van der Waals surface area contributed by atoms with E-state index in [4.69, 9.17) is 17.3 Å². The Bertz CT molecular complexity index is 571. The summed E-state index contributed by atoms with van der Waals surface area (Å²) in [5.74, 6) is 0.0797. The van der Waals surface area contributed by atoms with Crippen molar-refractivity contribution in [2.75, 3.05) is 17.2 Å². The molecule has 1 aliphatic heterocycles. The van der Waals surface area contributed by atoms with Gasteiger partial charge in [-0.05, 0) is 24.6 Å². The van der Waals surface area contributed by atoms with Crippen molar-refractivity contribution in [2.24, 2.45) is 0 Å². The first-order valence-electron chi connectivity index (χ1n) is 5.05. The van der Waals surface area contributed by atoms with E-state index >= 15 is 0 Å². The summed E-state index contributed by atoms with van der Waals surface area (Å²) < 4.78 is 34.8. The fraction of sp³-hybridized carbons (Fsp3) is 0.400. The Hall–Kier alpha value is -0.590. The molecule has 0 spiro atoms. The van der Waals surface area contributed by atoms with Gasteiger partial charge in [-0.1, -0.05) is 11.6 Å². The van der Waals surface area contributed by atoms with Crippen LogP contribution in [-0.4, -0.2) is 29.4 Å². The lowest BCUT2D eigenvalue weighted by atomic mass is 10.3. The van der Waals surface area contributed by atoms with Gasteiger partial charge in [-0.2, -0.15) is 0 Å². The Labute approximate surface area is 108 Å². The molecule has 1 saturated heterocycles. The molecule has 4 nitrogen and oxygen atoms in total. The van der Waals surface area contributed by atoms with Gasteiger partial charge in [-0.15, -0.1) is 0 Å². The van der Waals surface area contributed by atoms with Crippen molar-refractivity contribution < 1.29 is 12.6 Å². The van der Waals surface area contributed by atoms with Gasteiger partial charge in [-0.3, -0.25) is 4.21 Å². The normalized spacial score (nSPS) is 24.6. The van der Waals surface area contributed by atoms with Crippen LogP contribution in [-0.2, 0) is 20.6 Å². The minimum Gasteiger partial charge on any atom is -0.399 e. The first kappa shape index (κ1) is 12.9. The van der Waals surface area contributed by atoms with Gasteiger partial charge >= 0.3 is 0 Å². The molecule has 7 heteroatoms. The van der Waals surface area contributed by atoms with Crippen molar-refractivity contribution in [3.8, 4) is 0 Å². The molecule has 17 heavy (non-hydrogen) atoms. The van der Waals surface area contributed by atoms with Crippen LogP contribution in [0.3, 0.4) is 0 Å². The zero-order valence-corrected chi connectivity index (χ0v) is 11.3. The lowest BCUT2D eigenvalue weighted by molar-refractivity contribution is 0.602. The van der Waals surface area contributed by atoms with Crippen LogP contribution >= 0.6 is 11.6 Å². The second kappa shape index (κ2) is 4.59. The summed E-state index contributed by atoms with van der Waals surface area (Å²) in [6.07, 6.45) is 0.426. The third-order valence-electron chi connectivity index (χ3n) is 2.67. The van der Waals surface area contributed by atoms with Crippen LogP contribution in [0.25, 0.3) is 0 Å². The topological polar surface area (TPSA) is 77.2 Å². The van der Waals surface area contributed by atoms with E-state index in [1.54, 1.807) is 12.1 Å². The molecular weight excluding hydrogens is 282 g/mol. The fourth-order valence-corrected chi connectivity index (χ4v) is 6.16. The van der Waals surface area contributed by atoms with Crippen LogP contribution in [0.4, 0.5) is 5.69 Å². The summed E-state index contributed by atoms with van der Waals surface area (Å²) in [5, 5.41) is -0.0336. The highest BCUT2D eigenvalue weighted by Gasteiger charge is 2.33. The molecule has 2 atom stereocenters. The molecule has 94 valence electrons. The Balaban J connectivity index is 2.27. The van der Waals surface area contributed by atoms with Crippen LogP contribution in [0.2, 0.25) is 5.02 Å². The lowest BCUT2D eigenvalue weighted by Gasteiger charge is -2.09. The number of hydrogen-bond acceptors (Lipinski definition) is 4. The minimum absolute atomic E-state index is 0.0275. The van der Waals surface area contributed by atoms with Gasteiger partial charge in [0.15, 0.2) is 9.84 Å². The SMILES string of the molecule is Nc1ccc(S(=O)C2CCS(=O)(=O)C2)c(Cl)c1. The van der Waals surface area contributed by atoms with Crippen LogP contribution < -0.4 is 5.73 Å². The quantitative estimate of drug-likeness (QED) is 0.832. The molecule has 0 aromatic heterocycles. The summed E-state index contributed by atoms with van der Waals surface area (Å²) in [6, 6.07) is 4.74. The van der Waals surface area contributed by atoms with Gasteiger partial charge in [-0.25, -0.2) is 8.42 Å². The highest BCUT2D eigenvalue weighted by molar-refractivity contribution is 7.94. The van der Waals surface area contributed by atoms with Crippen molar-refractivity contribution in [3.63, 3.8) is 0 Å². The maximum absolute atomic E-state index is 12.2. The second-order valence-electron chi connectivity index (χ2n) is 4.01. The van der Waals surface area contributed by atoms with Gasteiger partial charge < -0.3 is 5.73 Å². The van der Waals surface area contributed by atoms with E-state index in [0.717, 1.165) is 0 Å². The van der Waals surface area contributed by atoms with E-state index < -0.39 is 20.6 Å². The molecule has 2 unspecified atom stereocenters. The van der Waals surface area contributed by atoms with E-state index in [-0.39, 0.29) is 16.8 Å². The van der Waals surface area contributed by atoms with Gasteiger partial charge in [0.05, 0.1) is 37.5 Å². The Morgan fingerprint density at radius 1 is 1.41 bits per heavy atom. The molecule has 1 heterocycles. The van der Waals surface area contributed by atoms with Crippen LogP contribution in [0.15, 0.2) is 23.1 Å². The van der Waals surface area contributed by atoms with Crippen molar-refractivity contribution in [1.82, 2.24) is 0 Å². The summed E-state index contributed by atoms with van der Waals surface area (Å²) >= 11 is 5.95. The number of hydrogen-bond donors (Lipinski definition) is 1. The molecule has 2 N–H and O–H groups in total. The molecule has 1 aromatic rings. The zero-order valence-electron chi connectivity index (χ0n) is 8.93. The number of halogens is 1. The van der Waals surface area contributed by atoms with Gasteiger partial charge in [0.2, 0.25) is 0 Å². The minimum atomic E-state index is -3.03. The predicted molar refractivity (Wildman–Crippen MR) is 69.3 cm³/mol. The average molecular weight is 294 g/mol. The molecule has 0 bridgehead atoms. The predicted octanol–water partition coefficient (Wildman–Crippen LogP) is 1.22. The number of nitrogens with two attached hydrogens (primary N) is 1. The van der Waals surface area contributed by atoms with E-state index in [1.807, 2.05) is 0 Å². The molecule has 1 aliphatic rings. The first-order valence-corrected chi connectivity index (χ1v) is 8.46. The Morgan fingerprint density at radius 2 is 2.12 bits per heavy atom. The molecule has 0 amide bonds. The second-order valence-corrected chi connectivity index (χ2v) is 8.35. The number of benzene rings is 1. The number of sulfone groups is 1. The van der Waals surface area contributed by atoms with Crippen LogP contribution in [0.1, 0.15) is 6.42 Å². The maximum atomic E-state index is 12.2. The van der Waals surface area contributed by atoms with E-state index in [2.05, 4.69) is 0 Å². The Morgan fingerprint density at radius 3 is 2.65 bits per heavy atom. The summed E-state index contributed by atoms with van der Waals surface area (Å²) in [5.41, 5.74) is 6.04. The smallest absolute Gasteiger partial charge is 0.151 e. The largest absolute Gasteiger partial charge is 0.399 e. The highest BCUT2D eigenvalue weighted by Crippen LogP contribution is 2.28. The summed E-state index contributed by atoms with van der Waals surface area (Å²) in [6.45, 7) is 0. The third kappa shape index (κ3) is 2.81. The number of rotatable bonds is 2. The van der Waals surface area contributed by atoms with E-state index in [9.17, 15) is 12.6 Å². The van der Waals surface area contributed by atoms with Crippen LogP contribution in [0, 0.1) is 0 Å². The third-order valence-corrected chi connectivity index (χ3v) is 6.87. The zero-order chi connectivity index (χ0) is 12.6. The highest BCUT2D eigenvalue weighted by atomic mass is 35.5. The number of anilines is 1. The van der Waals surface area contributed by atoms with Crippen molar-refractivity contribution >= 4 is 37.9 Å². The monoisotopic (exact) mass is 293 g/mol. The molecule has 1 fully saturated rings. The maximum Gasteiger partial charge on any atom is 0.151 e. The lowest BCUT2D eigenvalue weighted by Crippen LogP contribution is -2.17. The average Bonchev–Trinajstić information content (AvgIpc) is 2.58. The summed E-state index contributed by atoms with van der Waals surface area (Å²) in [4.78, 5) is 0.461. The molecule has 2 rings (SSSR count). The number of nitrogen functional groups attached to an aromatic ring is 1. The fourth-order valence-electron chi connectivity index (χ4n) is 1.79. The van der Waals surface area contributed by atoms with Crippen molar-refractivity contribution in [1.29, 1.82) is 0 Å². The molecular formula is C10H12ClNO3S2. The van der Waals surface area contributed by atoms with Gasteiger partial charge in [0.1, 0.15) is 0 Å². The van der Waals surface area contributed by atoms with Crippen molar-refractivity contribution in [2.45, 2.75) is 16.6 Å². The Kier molecular flexibility index (Phi) is 3.47. The van der Waals surface area contributed by atoms with E-state index in [1.165, 1.54) is 6.07 Å². The van der Waals surface area contributed by atoms with E-state index in [0.29, 0.717) is 22.0 Å². The molecule has 1 aromatic carbocycles. The molecule has 0 saturated carbocycles. The first-order chi connectivity index (χ1) is 7.89. The molecule has 0 radical (unpaired) electrons. The van der Waals surface area contributed by atoms with Crippen molar-refractivity contribution in [3.05, 3.63) is 23.2 Å². The standard InChI is InChI=1S/C10H12ClNO3S2/c11-9-5-7(12)1-2-10(9)16(13)8-3-4-17(14,15)6-8/h1-2,5,8H,3-4,6,12H2. The van der Waals surface area contributed by atoms with Gasteiger partial charge in [0, 0.05) is 5.69 Å². The van der Waals surface area contributed by atoms with Crippen LogP contribution in [0.5, 0.6) is 0 Å². The van der Waals surface area contributed by atoms with Gasteiger partial charge in [0.25, 0.3) is 0 Å².